The summed E-state index contributed by atoms with van der Waals surface area (Å²) in [5, 5.41) is 2.95. The van der Waals surface area contributed by atoms with Crippen molar-refractivity contribution in [1.29, 1.82) is 0 Å². The maximum absolute atomic E-state index is 12.1. The van der Waals surface area contributed by atoms with Crippen LogP contribution in [-0.4, -0.2) is 30.4 Å². The van der Waals surface area contributed by atoms with Crippen molar-refractivity contribution in [3.05, 3.63) is 60.2 Å². The van der Waals surface area contributed by atoms with Gasteiger partial charge in [0.2, 0.25) is 5.91 Å². The van der Waals surface area contributed by atoms with E-state index in [9.17, 15) is 4.79 Å². The second-order valence-electron chi connectivity index (χ2n) is 6.18. The predicted molar refractivity (Wildman–Crippen MR) is 103 cm³/mol. The van der Waals surface area contributed by atoms with Crippen molar-refractivity contribution in [3.8, 4) is 5.75 Å². The van der Waals surface area contributed by atoms with Crippen LogP contribution in [0.2, 0.25) is 0 Å². The number of carbonyl (C=O) groups excluding carboxylic acids is 1. The minimum Gasteiger partial charge on any atom is -0.489 e. The maximum atomic E-state index is 12.1. The smallest absolute Gasteiger partial charge is 0.238 e. The topological polar surface area (TPSA) is 41.6 Å². The number of rotatable bonds is 6. The summed E-state index contributed by atoms with van der Waals surface area (Å²) < 4.78 is 5.75. The van der Waals surface area contributed by atoms with Crippen molar-refractivity contribution >= 4 is 24.0 Å². The van der Waals surface area contributed by atoms with E-state index in [1.807, 2.05) is 54.6 Å². The van der Waals surface area contributed by atoms with E-state index >= 15 is 0 Å². The Hall–Kier alpha value is -2.04. The van der Waals surface area contributed by atoms with Crippen molar-refractivity contribution in [2.45, 2.75) is 25.9 Å². The number of anilines is 1. The molecule has 2 aromatic carbocycles. The number of piperidine rings is 1. The summed E-state index contributed by atoms with van der Waals surface area (Å²) in [6.07, 6.45) is 3.67. The summed E-state index contributed by atoms with van der Waals surface area (Å²) in [4.78, 5) is 14.3. The summed E-state index contributed by atoms with van der Waals surface area (Å²) in [6.45, 7) is 3.08. The van der Waals surface area contributed by atoms with Gasteiger partial charge in [-0.05, 0) is 55.8 Å². The SMILES string of the molecule is Cl.O=C(CN1CCCCC1)Nc1ccc(OCc2ccccc2)cc1. The quantitative estimate of drug-likeness (QED) is 0.842. The third-order valence-corrected chi connectivity index (χ3v) is 4.20. The highest BCUT2D eigenvalue weighted by atomic mass is 35.5. The molecule has 1 N–H and O–H groups in total. The number of hydrogen-bond acceptors (Lipinski definition) is 3. The molecule has 134 valence electrons. The zero-order chi connectivity index (χ0) is 16.6. The first-order valence-corrected chi connectivity index (χ1v) is 8.58. The number of halogens is 1. The summed E-state index contributed by atoms with van der Waals surface area (Å²) >= 11 is 0. The van der Waals surface area contributed by atoms with Gasteiger partial charge in [-0.25, -0.2) is 0 Å². The van der Waals surface area contributed by atoms with Crippen LogP contribution in [0.5, 0.6) is 5.75 Å². The molecule has 25 heavy (non-hydrogen) atoms. The van der Waals surface area contributed by atoms with Crippen molar-refractivity contribution in [2.75, 3.05) is 25.0 Å². The summed E-state index contributed by atoms with van der Waals surface area (Å²) in [5.74, 6) is 0.850. The molecule has 1 aliphatic heterocycles. The Labute approximate surface area is 155 Å². The lowest BCUT2D eigenvalue weighted by Gasteiger charge is -2.25. The van der Waals surface area contributed by atoms with Crippen LogP contribution in [0.4, 0.5) is 5.69 Å². The number of amides is 1. The van der Waals surface area contributed by atoms with Crippen LogP contribution in [0.15, 0.2) is 54.6 Å². The number of nitrogens with zero attached hydrogens (tertiary/aromatic N) is 1. The van der Waals surface area contributed by atoms with Crippen molar-refractivity contribution in [2.24, 2.45) is 0 Å². The van der Waals surface area contributed by atoms with Gasteiger partial charge in [-0.1, -0.05) is 36.8 Å². The highest BCUT2D eigenvalue weighted by Crippen LogP contribution is 2.17. The van der Waals surface area contributed by atoms with Gasteiger partial charge in [0.15, 0.2) is 0 Å². The molecule has 0 aromatic heterocycles. The van der Waals surface area contributed by atoms with Crippen molar-refractivity contribution < 1.29 is 9.53 Å². The largest absolute Gasteiger partial charge is 0.489 e. The highest BCUT2D eigenvalue weighted by Gasteiger charge is 2.13. The predicted octanol–water partition coefficient (Wildman–Crippen LogP) is 4.11. The molecule has 0 atom stereocenters. The summed E-state index contributed by atoms with van der Waals surface area (Å²) in [7, 11) is 0. The molecular formula is C20H25ClN2O2. The van der Waals surface area contributed by atoms with Gasteiger partial charge in [0.1, 0.15) is 12.4 Å². The molecule has 2 aromatic rings. The summed E-state index contributed by atoms with van der Waals surface area (Å²) in [5.41, 5.74) is 1.94. The van der Waals surface area contributed by atoms with Gasteiger partial charge in [0.25, 0.3) is 0 Å². The average Bonchev–Trinajstić information content (AvgIpc) is 2.63. The fraction of sp³-hybridized carbons (Fsp3) is 0.350. The Bertz CT molecular complexity index is 641. The van der Waals surface area contributed by atoms with E-state index < -0.39 is 0 Å². The van der Waals surface area contributed by atoms with Gasteiger partial charge in [0, 0.05) is 5.69 Å². The van der Waals surface area contributed by atoms with Gasteiger partial charge in [0.05, 0.1) is 6.54 Å². The molecule has 0 aliphatic carbocycles. The van der Waals surface area contributed by atoms with Crippen LogP contribution in [0.3, 0.4) is 0 Å². The minimum atomic E-state index is 0. The third-order valence-electron chi connectivity index (χ3n) is 4.20. The Morgan fingerprint density at radius 1 is 0.960 bits per heavy atom. The van der Waals surface area contributed by atoms with E-state index in [1.54, 1.807) is 0 Å². The second kappa shape index (κ2) is 10.1. The number of likely N-dealkylation sites (tertiary alicyclic amines) is 1. The van der Waals surface area contributed by atoms with Crippen LogP contribution in [0, 0.1) is 0 Å². The number of carbonyl (C=O) groups is 1. The lowest BCUT2D eigenvalue weighted by atomic mass is 10.1. The molecule has 1 aliphatic rings. The lowest BCUT2D eigenvalue weighted by molar-refractivity contribution is -0.117. The molecular weight excluding hydrogens is 336 g/mol. The monoisotopic (exact) mass is 360 g/mol. The van der Waals surface area contributed by atoms with Gasteiger partial charge in [-0.15, -0.1) is 12.4 Å². The molecule has 1 fully saturated rings. The molecule has 1 heterocycles. The Morgan fingerprint density at radius 2 is 1.64 bits per heavy atom. The maximum Gasteiger partial charge on any atom is 0.238 e. The van der Waals surface area contributed by atoms with Gasteiger partial charge < -0.3 is 10.1 Å². The van der Waals surface area contributed by atoms with E-state index in [-0.39, 0.29) is 18.3 Å². The molecule has 0 spiro atoms. The molecule has 5 heteroatoms. The second-order valence-corrected chi connectivity index (χ2v) is 6.18. The van der Waals surface area contributed by atoms with E-state index in [4.69, 9.17) is 4.74 Å². The van der Waals surface area contributed by atoms with Crippen LogP contribution >= 0.6 is 12.4 Å². The number of ether oxygens (including phenoxy) is 1. The minimum absolute atomic E-state index is 0. The van der Waals surface area contributed by atoms with Crippen LogP contribution < -0.4 is 10.1 Å². The first-order chi connectivity index (χ1) is 11.8. The first-order valence-electron chi connectivity index (χ1n) is 8.58. The Balaban J connectivity index is 0.00000225. The molecule has 0 saturated carbocycles. The fourth-order valence-corrected chi connectivity index (χ4v) is 2.90. The number of benzene rings is 2. The third kappa shape index (κ3) is 6.40. The van der Waals surface area contributed by atoms with E-state index in [1.165, 1.54) is 19.3 Å². The summed E-state index contributed by atoms with van der Waals surface area (Å²) in [6, 6.07) is 17.6. The Morgan fingerprint density at radius 3 is 2.32 bits per heavy atom. The van der Waals surface area contributed by atoms with Crippen LogP contribution in [-0.2, 0) is 11.4 Å². The molecule has 3 rings (SSSR count). The molecule has 1 amide bonds. The molecule has 0 radical (unpaired) electrons. The Kier molecular flexibility index (Phi) is 7.76. The molecule has 1 saturated heterocycles. The van der Waals surface area contributed by atoms with E-state index in [0.29, 0.717) is 13.2 Å². The van der Waals surface area contributed by atoms with E-state index in [2.05, 4.69) is 10.2 Å². The van der Waals surface area contributed by atoms with Crippen LogP contribution in [0.25, 0.3) is 0 Å². The zero-order valence-corrected chi connectivity index (χ0v) is 15.1. The highest BCUT2D eigenvalue weighted by molar-refractivity contribution is 5.92. The van der Waals surface area contributed by atoms with Gasteiger partial charge in [-0.2, -0.15) is 0 Å². The van der Waals surface area contributed by atoms with Crippen molar-refractivity contribution in [1.82, 2.24) is 4.90 Å². The van der Waals surface area contributed by atoms with Gasteiger partial charge >= 0.3 is 0 Å². The number of hydrogen-bond donors (Lipinski definition) is 1. The zero-order valence-electron chi connectivity index (χ0n) is 14.3. The average molecular weight is 361 g/mol. The van der Waals surface area contributed by atoms with Gasteiger partial charge in [-0.3, -0.25) is 9.69 Å². The van der Waals surface area contributed by atoms with Crippen molar-refractivity contribution in [3.63, 3.8) is 0 Å². The first kappa shape index (κ1) is 19.3. The molecule has 0 unspecified atom stereocenters. The fourth-order valence-electron chi connectivity index (χ4n) is 2.90. The standard InChI is InChI=1S/C20H24N2O2.ClH/c23-20(15-22-13-5-2-6-14-22)21-18-9-11-19(12-10-18)24-16-17-7-3-1-4-8-17;/h1,3-4,7-12H,2,5-6,13-16H2,(H,21,23);1H. The number of nitrogens with one attached hydrogen (secondary N) is 1. The molecule has 0 bridgehead atoms. The molecule has 4 nitrogen and oxygen atoms in total. The lowest BCUT2D eigenvalue weighted by Crippen LogP contribution is -2.36. The normalized spacial score (nSPS) is 14.4. The van der Waals surface area contributed by atoms with Crippen LogP contribution in [0.1, 0.15) is 24.8 Å². The van der Waals surface area contributed by atoms with E-state index in [0.717, 1.165) is 30.1 Å².